The monoisotopic (exact) mass is 330 g/mol. The predicted octanol–water partition coefficient (Wildman–Crippen LogP) is 2.89. The molecule has 1 aromatic heterocycles. The molecule has 0 atom stereocenters. The van der Waals surface area contributed by atoms with Crippen LogP contribution in [0.25, 0.3) is 0 Å². The minimum absolute atomic E-state index is 0.162. The lowest BCUT2D eigenvalue weighted by Crippen LogP contribution is -2.47. The average molecular weight is 331 g/mol. The summed E-state index contributed by atoms with van der Waals surface area (Å²) in [7, 11) is 0. The highest BCUT2D eigenvalue weighted by Crippen LogP contribution is 2.30. The van der Waals surface area contributed by atoms with E-state index in [-0.39, 0.29) is 5.91 Å². The van der Waals surface area contributed by atoms with E-state index in [4.69, 9.17) is 11.6 Å². The third kappa shape index (κ3) is 2.20. The van der Waals surface area contributed by atoms with Gasteiger partial charge in [-0.2, -0.15) is 0 Å². The van der Waals surface area contributed by atoms with Crippen molar-refractivity contribution in [3.05, 3.63) is 51.2 Å². The maximum absolute atomic E-state index is 12.3. The van der Waals surface area contributed by atoms with E-state index in [1.165, 1.54) is 11.3 Å². The van der Waals surface area contributed by atoms with Gasteiger partial charge in [0.2, 0.25) is 5.96 Å². The van der Waals surface area contributed by atoms with E-state index in [0.717, 1.165) is 17.1 Å². The first-order chi connectivity index (χ1) is 10.7. The van der Waals surface area contributed by atoms with Crippen LogP contribution in [-0.4, -0.2) is 35.7 Å². The molecule has 0 saturated carbocycles. The Morgan fingerprint density at radius 3 is 3.09 bits per heavy atom. The number of rotatable bonds is 1. The molecule has 3 heterocycles. The van der Waals surface area contributed by atoms with Gasteiger partial charge in [-0.05, 0) is 29.6 Å². The van der Waals surface area contributed by atoms with Gasteiger partial charge in [0, 0.05) is 17.1 Å². The smallest absolute Gasteiger partial charge is 0.268 e. The van der Waals surface area contributed by atoms with Crippen LogP contribution in [0.15, 0.2) is 45.7 Å². The molecule has 4 rings (SSSR count). The fraction of sp³-hybridized carbons (Fsp3) is 0.133. The van der Waals surface area contributed by atoms with Gasteiger partial charge in [-0.15, -0.1) is 11.3 Å². The molecule has 5 nitrogen and oxygen atoms in total. The molecule has 7 heteroatoms. The van der Waals surface area contributed by atoms with Crippen molar-refractivity contribution < 1.29 is 4.79 Å². The van der Waals surface area contributed by atoms with Crippen molar-refractivity contribution in [1.29, 1.82) is 0 Å². The highest BCUT2D eigenvalue weighted by molar-refractivity contribution is 7.12. The minimum Gasteiger partial charge on any atom is -0.294 e. The summed E-state index contributed by atoms with van der Waals surface area (Å²) >= 11 is 7.44. The summed E-state index contributed by atoms with van der Waals surface area (Å²) in [4.78, 5) is 23.9. The number of hydrogen-bond acceptors (Lipinski definition) is 5. The van der Waals surface area contributed by atoms with Crippen LogP contribution < -0.4 is 5.32 Å². The fourth-order valence-corrected chi connectivity index (χ4v) is 3.30. The number of nitrogens with one attached hydrogen (secondary N) is 1. The number of hydrogen-bond donors (Lipinski definition) is 1. The molecule has 0 fully saturated rings. The van der Waals surface area contributed by atoms with E-state index in [2.05, 4.69) is 15.3 Å². The lowest BCUT2D eigenvalue weighted by Gasteiger charge is -2.27. The Kier molecular flexibility index (Phi) is 3.20. The average Bonchev–Trinajstić information content (AvgIpc) is 3.18. The van der Waals surface area contributed by atoms with Gasteiger partial charge < -0.3 is 0 Å². The zero-order chi connectivity index (χ0) is 15.1. The van der Waals surface area contributed by atoms with E-state index >= 15 is 0 Å². The van der Waals surface area contributed by atoms with Gasteiger partial charge in [0.1, 0.15) is 5.84 Å². The summed E-state index contributed by atoms with van der Waals surface area (Å²) in [6.45, 7) is 1.40. The Labute approximate surface area is 136 Å². The first kappa shape index (κ1) is 13.5. The third-order valence-electron chi connectivity index (χ3n) is 3.49. The van der Waals surface area contributed by atoms with Crippen LogP contribution in [0.4, 0.5) is 5.69 Å². The van der Waals surface area contributed by atoms with Gasteiger partial charge in [-0.3, -0.25) is 20.0 Å². The van der Waals surface area contributed by atoms with Crippen molar-refractivity contribution in [1.82, 2.24) is 10.2 Å². The standard InChI is InChI=1S/C15H11ClN4OS/c16-9-3-4-10-11(8-9)18-15(20-6-5-17-13(10)20)19-14(21)12-2-1-7-22-12/h1-4,7-8H,5-6H2,(H,18,19,21). The van der Waals surface area contributed by atoms with Crippen LogP contribution in [0, 0.1) is 0 Å². The van der Waals surface area contributed by atoms with Gasteiger partial charge in [-0.1, -0.05) is 17.7 Å². The number of fused-ring (bicyclic) bond motifs is 3. The molecule has 0 bridgehead atoms. The Bertz CT molecular complexity index is 813. The number of amidine groups is 1. The van der Waals surface area contributed by atoms with E-state index in [0.29, 0.717) is 28.9 Å². The van der Waals surface area contributed by atoms with E-state index in [9.17, 15) is 4.79 Å². The minimum atomic E-state index is -0.162. The van der Waals surface area contributed by atoms with Crippen molar-refractivity contribution in [2.24, 2.45) is 9.98 Å². The Balaban J connectivity index is 1.73. The normalized spacial score (nSPS) is 15.8. The summed E-state index contributed by atoms with van der Waals surface area (Å²) in [5.41, 5.74) is 1.67. The topological polar surface area (TPSA) is 57.1 Å². The molecular weight excluding hydrogens is 320 g/mol. The molecule has 1 N–H and O–H groups in total. The van der Waals surface area contributed by atoms with Gasteiger partial charge in [0.15, 0.2) is 0 Å². The Morgan fingerprint density at radius 1 is 1.36 bits per heavy atom. The number of guanidine groups is 1. The van der Waals surface area contributed by atoms with Gasteiger partial charge >= 0.3 is 0 Å². The highest BCUT2D eigenvalue weighted by Gasteiger charge is 2.30. The number of carbonyl (C=O) groups is 1. The van der Waals surface area contributed by atoms with E-state index in [1.54, 1.807) is 12.1 Å². The summed E-state index contributed by atoms with van der Waals surface area (Å²) in [5, 5.41) is 5.36. The van der Waals surface area contributed by atoms with Crippen LogP contribution in [0.2, 0.25) is 5.02 Å². The van der Waals surface area contributed by atoms with Crippen molar-refractivity contribution in [2.75, 3.05) is 13.1 Å². The van der Waals surface area contributed by atoms with Crippen LogP contribution in [0.3, 0.4) is 0 Å². The molecule has 0 unspecified atom stereocenters. The Morgan fingerprint density at radius 2 is 2.27 bits per heavy atom. The van der Waals surface area contributed by atoms with Crippen LogP contribution in [-0.2, 0) is 0 Å². The van der Waals surface area contributed by atoms with E-state index in [1.807, 2.05) is 28.5 Å². The lowest BCUT2D eigenvalue weighted by molar-refractivity contribution is 0.0978. The molecule has 0 spiro atoms. The molecule has 2 aromatic rings. The second kappa shape index (κ2) is 5.23. The predicted molar refractivity (Wildman–Crippen MR) is 88.4 cm³/mol. The van der Waals surface area contributed by atoms with Crippen molar-refractivity contribution in [3.8, 4) is 0 Å². The number of halogens is 1. The van der Waals surface area contributed by atoms with Crippen molar-refractivity contribution >= 4 is 46.3 Å². The maximum Gasteiger partial charge on any atom is 0.268 e. The molecule has 2 aliphatic rings. The number of nitrogens with zero attached hydrogens (tertiary/aromatic N) is 3. The highest BCUT2D eigenvalue weighted by atomic mass is 35.5. The quantitative estimate of drug-likeness (QED) is 0.874. The first-order valence-electron chi connectivity index (χ1n) is 6.78. The first-order valence-corrected chi connectivity index (χ1v) is 8.03. The molecule has 0 saturated heterocycles. The van der Waals surface area contributed by atoms with Gasteiger partial charge in [0.25, 0.3) is 5.91 Å². The zero-order valence-electron chi connectivity index (χ0n) is 11.4. The number of thiophene rings is 1. The SMILES string of the molecule is O=C(NC1=Nc2cc(Cl)ccc2C2=NCCN12)c1cccs1. The number of benzene rings is 1. The number of aliphatic imine (C=N–C) groups is 2. The Hall–Kier alpha value is -2.18. The molecule has 2 aliphatic heterocycles. The second-order valence-electron chi connectivity index (χ2n) is 4.89. The van der Waals surface area contributed by atoms with Gasteiger partial charge in [0.05, 0.1) is 17.1 Å². The lowest BCUT2D eigenvalue weighted by atomic mass is 10.1. The van der Waals surface area contributed by atoms with Gasteiger partial charge in [-0.25, -0.2) is 4.99 Å². The number of amides is 1. The molecule has 1 aromatic carbocycles. The van der Waals surface area contributed by atoms with Crippen molar-refractivity contribution in [3.63, 3.8) is 0 Å². The van der Waals surface area contributed by atoms with Crippen LogP contribution >= 0.6 is 22.9 Å². The summed E-state index contributed by atoms with van der Waals surface area (Å²) in [6.07, 6.45) is 0. The van der Waals surface area contributed by atoms with Crippen molar-refractivity contribution in [2.45, 2.75) is 0 Å². The van der Waals surface area contributed by atoms with Crippen LogP contribution in [0.5, 0.6) is 0 Å². The molecule has 1 amide bonds. The summed E-state index contributed by atoms with van der Waals surface area (Å²) in [6, 6.07) is 9.15. The molecule has 22 heavy (non-hydrogen) atoms. The van der Waals surface area contributed by atoms with Crippen LogP contribution in [0.1, 0.15) is 15.2 Å². The molecular formula is C15H11ClN4OS. The third-order valence-corrected chi connectivity index (χ3v) is 4.60. The summed E-state index contributed by atoms with van der Waals surface area (Å²) in [5.74, 6) is 1.18. The number of carbonyl (C=O) groups excluding carboxylic acids is 1. The molecule has 0 radical (unpaired) electrons. The molecule has 110 valence electrons. The summed E-state index contributed by atoms with van der Waals surface area (Å²) < 4.78 is 0. The maximum atomic E-state index is 12.3. The van der Waals surface area contributed by atoms with E-state index < -0.39 is 0 Å². The fourth-order valence-electron chi connectivity index (χ4n) is 2.51. The molecule has 0 aliphatic carbocycles. The second-order valence-corrected chi connectivity index (χ2v) is 6.27. The largest absolute Gasteiger partial charge is 0.294 e. The zero-order valence-corrected chi connectivity index (χ0v) is 13.0.